The van der Waals surface area contributed by atoms with Gasteiger partial charge in [-0.25, -0.2) is 4.98 Å². The lowest BCUT2D eigenvalue weighted by Gasteiger charge is -2.21. The summed E-state index contributed by atoms with van der Waals surface area (Å²) in [4.78, 5) is 4.47. The standard InChI is InChI=1S/C51H36N2/c1-2-49-52-46-27-15-16-28-48(46)53(49)47-30-29-45(39-21-9-10-22-40(39)47)51-43-25-13-11-23-41(43)50(42-24-12-14-26-44(42)51)38-32-36(34-17-5-3-6-18-34)31-37(33-38)35-19-7-4-8-20-35/h3-33H,2H2,1H3/i1D3,2D2,3D,4D,5D,6D,7D,8D,11D,12D,13D,14D,17D,18D,19D,20D,23D,24D,25D,26D. The summed E-state index contributed by atoms with van der Waals surface area (Å²) in [5, 5.41) is -0.591. The van der Waals surface area contributed by atoms with Gasteiger partial charge in [0.25, 0.3) is 0 Å². The zero-order valence-corrected chi connectivity index (χ0v) is 27.4. The maximum Gasteiger partial charge on any atom is 0.114 e. The Morgan fingerprint density at radius 3 is 1.66 bits per heavy atom. The molecule has 0 radical (unpaired) electrons. The van der Waals surface area contributed by atoms with Crippen LogP contribution < -0.4 is 0 Å². The van der Waals surface area contributed by atoms with Gasteiger partial charge in [0.15, 0.2) is 0 Å². The van der Waals surface area contributed by atoms with Crippen LogP contribution in [0.4, 0.5) is 0 Å². The molecule has 0 spiro atoms. The van der Waals surface area contributed by atoms with E-state index >= 15 is 0 Å². The molecule has 0 aliphatic carbocycles. The van der Waals surface area contributed by atoms with E-state index in [9.17, 15) is 5.48 Å². The Kier molecular flexibility index (Phi) is 3.72. The van der Waals surface area contributed by atoms with Gasteiger partial charge in [-0.15, -0.1) is 0 Å². The second kappa shape index (κ2) is 12.8. The second-order valence-electron chi connectivity index (χ2n) is 12.1. The van der Waals surface area contributed by atoms with Crippen LogP contribution in [0.3, 0.4) is 0 Å². The predicted octanol–water partition coefficient (Wildman–Crippen LogP) is 13.7. The fourth-order valence-corrected chi connectivity index (χ4v) is 7.08. The van der Waals surface area contributed by atoms with E-state index in [2.05, 4.69) is 4.98 Å². The largest absolute Gasteiger partial charge is 0.296 e. The normalized spacial score (nSPS) is 18.2. The SMILES string of the molecule is [2H]c1c([2H])c([2H])c(-c2cc(-c3c([2H])c([2H])c([2H])c([2H])c3[2H])cc(-c3c4c([2H])c([2H])c([2H])c([2H])c4c(-c4ccc(-n5c(C([2H])([2H])C([2H])([2H])[2H])nc6ccccc65)c5ccccc45)c4c([2H])c([2H])c([2H])c([2H])c34)c2)c([2H])c1[2H]. The second-order valence-corrected chi connectivity index (χ2v) is 12.1. The highest BCUT2D eigenvalue weighted by Gasteiger charge is 2.21. The summed E-state index contributed by atoms with van der Waals surface area (Å²) < 4.78 is 205. The first-order chi connectivity index (χ1) is 35.6. The van der Waals surface area contributed by atoms with E-state index < -0.39 is 139 Å². The Bertz CT molecular complexity index is 4010. The summed E-state index contributed by atoms with van der Waals surface area (Å²) in [6.45, 7) is -3.20. The van der Waals surface area contributed by atoms with Crippen molar-refractivity contribution in [2.24, 2.45) is 0 Å². The van der Waals surface area contributed by atoms with E-state index in [4.69, 9.17) is 26.0 Å². The van der Waals surface area contributed by atoms with Gasteiger partial charge in [-0.3, -0.25) is 4.57 Å². The van der Waals surface area contributed by atoms with Crippen molar-refractivity contribution in [1.29, 1.82) is 0 Å². The number of aryl methyl sites for hydroxylation is 1. The number of rotatable bonds is 6. The van der Waals surface area contributed by atoms with E-state index in [0.29, 0.717) is 16.3 Å². The first-order valence-electron chi connectivity index (χ1n) is 27.9. The molecule has 250 valence electrons. The molecule has 0 fully saturated rings. The van der Waals surface area contributed by atoms with Crippen LogP contribution in [-0.4, -0.2) is 9.55 Å². The topological polar surface area (TPSA) is 17.8 Å². The number of imidazole rings is 1. The van der Waals surface area contributed by atoms with Crippen LogP contribution in [0, 0.1) is 0 Å². The monoisotopic (exact) mass is 699 g/mol. The number of fused-ring (bicyclic) bond motifs is 4. The third-order valence-electron chi connectivity index (χ3n) is 9.26. The quantitative estimate of drug-likeness (QED) is 0.158. The molecule has 0 saturated carbocycles. The molecule has 10 rings (SSSR count). The molecule has 0 unspecified atom stereocenters. The lowest BCUT2D eigenvalue weighted by atomic mass is 9.83. The highest BCUT2D eigenvalue weighted by Crippen LogP contribution is 2.47. The molecule has 0 amide bonds. The maximum atomic E-state index is 9.67. The predicted molar refractivity (Wildman–Crippen MR) is 225 cm³/mol. The fraction of sp³-hybridized carbons (Fsp3) is 0.0392. The molecule has 10 aromatic rings. The zero-order chi connectivity index (χ0) is 55.3. The van der Waals surface area contributed by atoms with E-state index in [1.165, 1.54) is 34.9 Å². The number of nitrogens with zero attached hydrogens (tertiary/aromatic N) is 2. The van der Waals surface area contributed by atoms with Gasteiger partial charge in [0.05, 0.1) is 41.4 Å². The number of hydrogen-bond donors (Lipinski definition) is 0. The molecule has 1 aromatic heterocycles. The van der Waals surface area contributed by atoms with Crippen LogP contribution in [0.25, 0.3) is 93.5 Å². The van der Waals surface area contributed by atoms with Crippen molar-refractivity contribution >= 4 is 43.4 Å². The van der Waals surface area contributed by atoms with Crippen LogP contribution in [-0.2, 0) is 6.37 Å². The molecule has 0 N–H and O–H groups in total. The molecule has 0 bridgehead atoms. The summed E-state index contributed by atoms with van der Waals surface area (Å²) in [6, 6.07) is 6.82. The van der Waals surface area contributed by atoms with Gasteiger partial charge in [0.2, 0.25) is 0 Å². The maximum absolute atomic E-state index is 9.67. The Morgan fingerprint density at radius 2 is 1.04 bits per heavy atom. The summed E-state index contributed by atoms with van der Waals surface area (Å²) in [5.41, 5.74) is -0.808. The van der Waals surface area contributed by atoms with Gasteiger partial charge in [0, 0.05) is 18.6 Å². The van der Waals surface area contributed by atoms with Gasteiger partial charge in [-0.1, -0.05) is 158 Å². The summed E-state index contributed by atoms with van der Waals surface area (Å²) in [5.74, 6) is -0.455. The number of para-hydroxylation sites is 2. The molecule has 2 nitrogen and oxygen atoms in total. The average molecular weight is 700 g/mol. The van der Waals surface area contributed by atoms with Crippen molar-refractivity contribution in [3.63, 3.8) is 0 Å². The molecule has 2 heteroatoms. The van der Waals surface area contributed by atoms with Crippen LogP contribution in [0.2, 0.25) is 0 Å². The minimum Gasteiger partial charge on any atom is -0.296 e. The highest BCUT2D eigenvalue weighted by atomic mass is 15.1. The summed E-state index contributed by atoms with van der Waals surface area (Å²) in [7, 11) is 0. The molecular weight excluding hydrogens is 641 g/mol. The third kappa shape index (κ3) is 5.14. The van der Waals surface area contributed by atoms with Crippen LogP contribution >= 0.6 is 0 Å². The first-order valence-corrected chi connectivity index (χ1v) is 16.4. The Balaban J connectivity index is 1.43. The first kappa shape index (κ1) is 15.5. The molecule has 0 atom stereocenters. The molecule has 0 saturated heterocycles. The van der Waals surface area contributed by atoms with E-state index in [1.807, 2.05) is 0 Å². The van der Waals surface area contributed by atoms with Crippen molar-refractivity contribution in [2.75, 3.05) is 0 Å². The average Bonchev–Trinajstić information content (AvgIpc) is 3.83. The number of aromatic nitrogens is 2. The van der Waals surface area contributed by atoms with E-state index in [0.717, 1.165) is 0 Å². The molecule has 53 heavy (non-hydrogen) atoms. The lowest BCUT2D eigenvalue weighted by Crippen LogP contribution is -2.01. The molecule has 9 aromatic carbocycles. The highest BCUT2D eigenvalue weighted by molar-refractivity contribution is 6.24. The summed E-state index contributed by atoms with van der Waals surface area (Å²) in [6.07, 6.45) is -3.01. The Hall–Kier alpha value is -6.77. The molecule has 1 heterocycles. The van der Waals surface area contributed by atoms with Crippen LogP contribution in [0.15, 0.2) is 188 Å². The molecule has 0 aliphatic rings. The lowest BCUT2D eigenvalue weighted by molar-refractivity contribution is 0.913. The smallest absolute Gasteiger partial charge is 0.114 e. The number of hydrogen-bond acceptors (Lipinski definition) is 1. The van der Waals surface area contributed by atoms with Gasteiger partial charge in [-0.05, 0) is 108 Å². The minimum atomic E-state index is -3.20. The number of benzene rings is 9. The molecule has 0 aliphatic heterocycles. The summed E-state index contributed by atoms with van der Waals surface area (Å²) >= 11 is 0. The fourth-order valence-electron chi connectivity index (χ4n) is 7.08. The van der Waals surface area contributed by atoms with Gasteiger partial charge in [-0.2, -0.15) is 0 Å². The van der Waals surface area contributed by atoms with Gasteiger partial charge < -0.3 is 0 Å². The van der Waals surface area contributed by atoms with Gasteiger partial charge in [0.1, 0.15) is 5.82 Å². The molecular formula is C51H36N2. The van der Waals surface area contributed by atoms with E-state index in [-0.39, 0.29) is 66.1 Å². The minimum absolute atomic E-state index is 0.114. The zero-order valence-electron chi connectivity index (χ0n) is 50.4. The Morgan fingerprint density at radius 1 is 0.509 bits per heavy atom. The van der Waals surface area contributed by atoms with Crippen molar-refractivity contribution in [3.8, 4) is 50.2 Å². The van der Waals surface area contributed by atoms with Gasteiger partial charge >= 0.3 is 0 Å². The van der Waals surface area contributed by atoms with Crippen molar-refractivity contribution in [2.45, 2.75) is 13.2 Å². The van der Waals surface area contributed by atoms with E-state index in [1.54, 1.807) is 48.5 Å². The Labute approximate surface area is 341 Å². The van der Waals surface area contributed by atoms with Crippen LogP contribution in [0.5, 0.6) is 0 Å². The third-order valence-corrected chi connectivity index (χ3v) is 9.26. The van der Waals surface area contributed by atoms with Crippen molar-refractivity contribution in [1.82, 2.24) is 9.55 Å². The van der Waals surface area contributed by atoms with Crippen molar-refractivity contribution in [3.05, 3.63) is 193 Å². The van der Waals surface area contributed by atoms with Crippen LogP contribution in [0.1, 0.15) is 44.2 Å². The van der Waals surface area contributed by atoms with Crippen molar-refractivity contribution < 1.29 is 31.5 Å².